The first-order valence-corrected chi connectivity index (χ1v) is 7.14. The Morgan fingerprint density at radius 3 is 2.47 bits per heavy atom. The molecule has 0 radical (unpaired) electrons. The molecule has 3 heteroatoms. The molecule has 0 saturated heterocycles. The molecule has 0 fully saturated rings. The minimum Gasteiger partial charge on any atom is -0.457 e. The monoisotopic (exact) mass is 294 g/mol. The Labute approximate surface area is 124 Å². The number of ether oxygens (including phenoxy) is 1. The van der Waals surface area contributed by atoms with Crippen LogP contribution < -0.4 is 4.74 Å². The quantitative estimate of drug-likeness (QED) is 0.629. The van der Waals surface area contributed by atoms with E-state index >= 15 is 0 Å². The molecule has 0 atom stereocenters. The van der Waals surface area contributed by atoms with Crippen molar-refractivity contribution in [3.8, 4) is 11.5 Å². The highest BCUT2D eigenvalue weighted by molar-refractivity contribution is 6.32. The van der Waals surface area contributed by atoms with Gasteiger partial charge < -0.3 is 4.74 Å². The maximum atomic E-state index is 6.13. The minimum absolute atomic E-state index is 0.404. The number of hydrogen-bond donors (Lipinski definition) is 0. The van der Waals surface area contributed by atoms with E-state index in [-0.39, 0.29) is 0 Å². The van der Waals surface area contributed by atoms with Gasteiger partial charge in [-0.3, -0.25) is 0 Å². The second-order valence-corrected chi connectivity index (χ2v) is 5.36. The highest BCUT2D eigenvalue weighted by Crippen LogP contribution is 2.32. The standard InChI is InChI=1S/C16H16Cl2O/c1-11(2)14-5-3-4-6-16(14)19-13-8-7-12(10-17)15(18)9-13/h3-9,11H,10H2,1-2H3. The largest absolute Gasteiger partial charge is 0.457 e. The van der Waals surface area contributed by atoms with Crippen LogP contribution in [-0.2, 0) is 5.88 Å². The summed E-state index contributed by atoms with van der Waals surface area (Å²) in [5, 5.41) is 0.634. The molecule has 0 aliphatic rings. The van der Waals surface area contributed by atoms with Gasteiger partial charge in [0.2, 0.25) is 0 Å². The lowest BCUT2D eigenvalue weighted by Gasteiger charge is -2.14. The van der Waals surface area contributed by atoms with E-state index in [2.05, 4.69) is 19.9 Å². The van der Waals surface area contributed by atoms with Crippen molar-refractivity contribution in [1.29, 1.82) is 0 Å². The molecular weight excluding hydrogens is 279 g/mol. The Kier molecular flexibility index (Phi) is 4.73. The van der Waals surface area contributed by atoms with Crippen molar-refractivity contribution in [3.63, 3.8) is 0 Å². The smallest absolute Gasteiger partial charge is 0.130 e. The first-order chi connectivity index (χ1) is 9.11. The second kappa shape index (κ2) is 6.31. The molecule has 0 unspecified atom stereocenters. The Hall–Kier alpha value is -1.18. The van der Waals surface area contributed by atoms with Crippen LogP contribution in [0, 0.1) is 0 Å². The SMILES string of the molecule is CC(C)c1ccccc1Oc1ccc(CCl)c(Cl)c1. The molecule has 19 heavy (non-hydrogen) atoms. The van der Waals surface area contributed by atoms with E-state index < -0.39 is 0 Å². The maximum absolute atomic E-state index is 6.13. The van der Waals surface area contributed by atoms with Gasteiger partial charge in [-0.15, -0.1) is 11.6 Å². The summed E-state index contributed by atoms with van der Waals surface area (Å²) in [5.41, 5.74) is 2.09. The van der Waals surface area contributed by atoms with Crippen molar-refractivity contribution in [1.82, 2.24) is 0 Å². The summed E-state index contributed by atoms with van der Waals surface area (Å²) in [6.07, 6.45) is 0. The molecule has 0 aliphatic carbocycles. The van der Waals surface area contributed by atoms with E-state index in [0.717, 1.165) is 17.1 Å². The van der Waals surface area contributed by atoms with Gasteiger partial charge in [-0.1, -0.05) is 49.7 Å². The Morgan fingerprint density at radius 1 is 1.11 bits per heavy atom. The first kappa shape index (κ1) is 14.2. The Morgan fingerprint density at radius 2 is 1.84 bits per heavy atom. The molecule has 0 aliphatic heterocycles. The number of rotatable bonds is 4. The van der Waals surface area contributed by atoms with Crippen molar-refractivity contribution in [3.05, 3.63) is 58.6 Å². The highest BCUT2D eigenvalue weighted by atomic mass is 35.5. The van der Waals surface area contributed by atoms with Crippen molar-refractivity contribution < 1.29 is 4.74 Å². The molecule has 2 rings (SSSR count). The van der Waals surface area contributed by atoms with Crippen molar-refractivity contribution >= 4 is 23.2 Å². The van der Waals surface area contributed by atoms with Crippen molar-refractivity contribution in [2.24, 2.45) is 0 Å². The van der Waals surface area contributed by atoms with Crippen LogP contribution in [0.25, 0.3) is 0 Å². The molecule has 0 aromatic heterocycles. The van der Waals surface area contributed by atoms with Crippen LogP contribution in [0.1, 0.15) is 30.9 Å². The fourth-order valence-corrected chi connectivity index (χ4v) is 2.42. The Bertz CT molecular complexity index is 564. The van der Waals surface area contributed by atoms with Crippen LogP contribution in [0.15, 0.2) is 42.5 Å². The number of hydrogen-bond acceptors (Lipinski definition) is 1. The van der Waals surface area contributed by atoms with Gasteiger partial charge in [0.05, 0.1) is 0 Å². The van der Waals surface area contributed by atoms with Gasteiger partial charge in [-0.2, -0.15) is 0 Å². The number of para-hydroxylation sites is 1. The molecule has 0 bridgehead atoms. The summed E-state index contributed by atoms with van der Waals surface area (Å²) >= 11 is 11.9. The average molecular weight is 295 g/mol. The van der Waals surface area contributed by atoms with Crippen LogP contribution in [0.4, 0.5) is 0 Å². The summed E-state index contributed by atoms with van der Waals surface area (Å²) in [5.74, 6) is 2.41. The van der Waals surface area contributed by atoms with Crippen LogP contribution in [0.3, 0.4) is 0 Å². The van der Waals surface area contributed by atoms with Crippen molar-refractivity contribution in [2.75, 3.05) is 0 Å². The van der Waals surface area contributed by atoms with E-state index in [1.54, 1.807) is 6.07 Å². The van der Waals surface area contributed by atoms with Gasteiger partial charge in [-0.05, 0) is 35.2 Å². The summed E-state index contributed by atoms with van der Waals surface area (Å²) in [6.45, 7) is 4.29. The zero-order valence-electron chi connectivity index (χ0n) is 11.0. The molecule has 100 valence electrons. The highest BCUT2D eigenvalue weighted by Gasteiger charge is 2.09. The predicted molar refractivity (Wildman–Crippen MR) is 81.6 cm³/mol. The molecule has 0 saturated carbocycles. The van der Waals surface area contributed by atoms with Crippen LogP contribution in [0.5, 0.6) is 11.5 Å². The summed E-state index contributed by atoms with van der Waals surface area (Å²) in [7, 11) is 0. The number of benzene rings is 2. The first-order valence-electron chi connectivity index (χ1n) is 6.23. The van der Waals surface area contributed by atoms with Crippen molar-refractivity contribution in [2.45, 2.75) is 25.6 Å². The third-order valence-corrected chi connectivity index (χ3v) is 3.58. The van der Waals surface area contributed by atoms with Gasteiger partial charge in [0.25, 0.3) is 0 Å². The topological polar surface area (TPSA) is 9.23 Å². The summed E-state index contributed by atoms with van der Waals surface area (Å²) in [6, 6.07) is 13.6. The van der Waals surface area contributed by atoms with Crippen LogP contribution >= 0.6 is 23.2 Å². The van der Waals surface area contributed by atoms with Gasteiger partial charge >= 0.3 is 0 Å². The Balaban J connectivity index is 2.29. The van der Waals surface area contributed by atoms with E-state index in [0.29, 0.717) is 16.8 Å². The third kappa shape index (κ3) is 3.43. The van der Waals surface area contributed by atoms with Gasteiger partial charge in [0.1, 0.15) is 11.5 Å². The molecule has 2 aromatic rings. The third-order valence-electron chi connectivity index (χ3n) is 2.94. The van der Waals surface area contributed by atoms with E-state index in [4.69, 9.17) is 27.9 Å². The zero-order chi connectivity index (χ0) is 13.8. The van der Waals surface area contributed by atoms with E-state index in [1.807, 2.05) is 30.3 Å². The second-order valence-electron chi connectivity index (χ2n) is 4.68. The molecular formula is C16H16Cl2O. The molecule has 1 nitrogen and oxygen atoms in total. The van der Waals surface area contributed by atoms with Gasteiger partial charge in [0, 0.05) is 10.9 Å². The number of halogens is 2. The van der Waals surface area contributed by atoms with Crippen LogP contribution in [-0.4, -0.2) is 0 Å². The molecule has 0 amide bonds. The fraction of sp³-hybridized carbons (Fsp3) is 0.250. The lowest BCUT2D eigenvalue weighted by Crippen LogP contribution is -1.94. The minimum atomic E-state index is 0.404. The van der Waals surface area contributed by atoms with Crippen LogP contribution in [0.2, 0.25) is 5.02 Å². The maximum Gasteiger partial charge on any atom is 0.130 e. The zero-order valence-corrected chi connectivity index (χ0v) is 12.5. The summed E-state index contributed by atoms with van der Waals surface area (Å²) in [4.78, 5) is 0. The fourth-order valence-electron chi connectivity index (χ4n) is 1.88. The average Bonchev–Trinajstić information content (AvgIpc) is 2.39. The van der Waals surface area contributed by atoms with E-state index in [1.165, 1.54) is 5.56 Å². The number of alkyl halides is 1. The normalized spacial score (nSPS) is 10.8. The van der Waals surface area contributed by atoms with Gasteiger partial charge in [0.15, 0.2) is 0 Å². The summed E-state index contributed by atoms with van der Waals surface area (Å²) < 4.78 is 5.92. The molecule has 0 N–H and O–H groups in total. The molecule has 0 heterocycles. The predicted octanol–water partition coefficient (Wildman–Crippen LogP) is 5.99. The molecule has 2 aromatic carbocycles. The van der Waals surface area contributed by atoms with Gasteiger partial charge in [-0.25, -0.2) is 0 Å². The lowest BCUT2D eigenvalue weighted by molar-refractivity contribution is 0.473. The molecule has 0 spiro atoms. The van der Waals surface area contributed by atoms with E-state index in [9.17, 15) is 0 Å². The lowest BCUT2D eigenvalue weighted by atomic mass is 10.0.